The number of nitrogens with zero attached hydrogens (tertiary/aromatic N) is 2. The topological polar surface area (TPSA) is 28.2 Å². The molecule has 1 atom stereocenters. The van der Waals surface area contributed by atoms with Crippen LogP contribution in [0.4, 0.5) is 5.82 Å². The van der Waals surface area contributed by atoms with Crippen molar-refractivity contribution < 1.29 is 0 Å². The van der Waals surface area contributed by atoms with Gasteiger partial charge in [-0.15, -0.1) is 0 Å². The Kier molecular flexibility index (Phi) is 4.59. The quantitative estimate of drug-likeness (QED) is 0.867. The van der Waals surface area contributed by atoms with Gasteiger partial charge in [0, 0.05) is 25.3 Å². The van der Waals surface area contributed by atoms with Crippen molar-refractivity contribution in [3.8, 4) is 0 Å². The van der Waals surface area contributed by atoms with Gasteiger partial charge in [-0.05, 0) is 49.9 Å². The van der Waals surface area contributed by atoms with Gasteiger partial charge in [0.05, 0.1) is 0 Å². The zero-order chi connectivity index (χ0) is 13.0. The van der Waals surface area contributed by atoms with E-state index in [9.17, 15) is 0 Å². The Morgan fingerprint density at radius 2 is 2.33 bits per heavy atom. The van der Waals surface area contributed by atoms with Crippen LogP contribution in [0.5, 0.6) is 0 Å². The summed E-state index contributed by atoms with van der Waals surface area (Å²) in [5, 5.41) is 3.48. The van der Waals surface area contributed by atoms with Crippen LogP contribution in [0.1, 0.15) is 39.2 Å². The van der Waals surface area contributed by atoms with Crippen LogP contribution in [-0.4, -0.2) is 24.1 Å². The first kappa shape index (κ1) is 13.3. The molecule has 0 radical (unpaired) electrons. The molecule has 100 valence electrons. The molecule has 1 aliphatic heterocycles. The number of rotatable bonds is 5. The maximum atomic E-state index is 4.51. The van der Waals surface area contributed by atoms with E-state index in [1.54, 1.807) is 0 Å². The zero-order valence-corrected chi connectivity index (χ0v) is 11.8. The highest BCUT2D eigenvalue weighted by Gasteiger charge is 2.21. The van der Waals surface area contributed by atoms with Crippen LogP contribution in [0.15, 0.2) is 18.3 Å². The molecule has 1 aromatic rings. The van der Waals surface area contributed by atoms with Crippen molar-refractivity contribution in [2.24, 2.45) is 5.92 Å². The largest absolute Gasteiger partial charge is 0.354 e. The highest BCUT2D eigenvalue weighted by atomic mass is 15.2. The Morgan fingerprint density at radius 1 is 1.50 bits per heavy atom. The Hall–Kier alpha value is -1.09. The van der Waals surface area contributed by atoms with Gasteiger partial charge >= 0.3 is 0 Å². The first-order valence-electron chi connectivity index (χ1n) is 7.09. The van der Waals surface area contributed by atoms with E-state index < -0.39 is 0 Å². The van der Waals surface area contributed by atoms with E-state index in [-0.39, 0.29) is 0 Å². The molecule has 0 spiro atoms. The van der Waals surface area contributed by atoms with Gasteiger partial charge in [0.2, 0.25) is 0 Å². The lowest BCUT2D eigenvalue weighted by Crippen LogP contribution is -2.27. The summed E-state index contributed by atoms with van der Waals surface area (Å²) in [4.78, 5) is 6.94. The lowest BCUT2D eigenvalue weighted by molar-refractivity contribution is 0.552. The Bertz CT molecular complexity index is 376. The molecule has 0 amide bonds. The van der Waals surface area contributed by atoms with Gasteiger partial charge in [-0.25, -0.2) is 4.98 Å². The van der Waals surface area contributed by atoms with Gasteiger partial charge in [-0.1, -0.05) is 13.8 Å². The van der Waals surface area contributed by atoms with E-state index in [0.717, 1.165) is 25.5 Å². The van der Waals surface area contributed by atoms with Gasteiger partial charge in [0.25, 0.3) is 0 Å². The van der Waals surface area contributed by atoms with Gasteiger partial charge in [-0.2, -0.15) is 0 Å². The summed E-state index contributed by atoms with van der Waals surface area (Å²) in [6.45, 7) is 9.91. The fraction of sp³-hybridized carbons (Fsp3) is 0.667. The smallest absolute Gasteiger partial charge is 0.129 e. The number of hydrogen-bond donors (Lipinski definition) is 1. The molecule has 3 heteroatoms. The van der Waals surface area contributed by atoms with Gasteiger partial charge in [0.15, 0.2) is 0 Å². The van der Waals surface area contributed by atoms with E-state index in [1.807, 2.05) is 6.20 Å². The van der Waals surface area contributed by atoms with Crippen LogP contribution in [0.2, 0.25) is 0 Å². The third-order valence-corrected chi connectivity index (χ3v) is 3.54. The highest BCUT2D eigenvalue weighted by Crippen LogP contribution is 2.23. The van der Waals surface area contributed by atoms with Crippen molar-refractivity contribution in [3.63, 3.8) is 0 Å². The molecule has 1 fully saturated rings. The lowest BCUT2D eigenvalue weighted by atomic mass is 10.2. The average Bonchev–Trinajstić information content (AvgIpc) is 2.75. The predicted molar refractivity (Wildman–Crippen MR) is 76.8 cm³/mol. The molecule has 2 rings (SSSR count). The minimum Gasteiger partial charge on any atom is -0.354 e. The Labute approximate surface area is 111 Å². The fourth-order valence-corrected chi connectivity index (χ4v) is 2.51. The van der Waals surface area contributed by atoms with Crippen LogP contribution in [0, 0.1) is 5.92 Å². The van der Waals surface area contributed by atoms with Gasteiger partial charge < -0.3 is 10.2 Å². The monoisotopic (exact) mass is 247 g/mol. The van der Waals surface area contributed by atoms with E-state index in [2.05, 4.69) is 48.1 Å². The van der Waals surface area contributed by atoms with Gasteiger partial charge in [-0.3, -0.25) is 0 Å². The molecule has 1 saturated heterocycles. The maximum Gasteiger partial charge on any atom is 0.129 e. The molecule has 1 aromatic heterocycles. The summed E-state index contributed by atoms with van der Waals surface area (Å²) in [5.41, 5.74) is 1.33. The first-order valence-corrected chi connectivity index (χ1v) is 7.09. The summed E-state index contributed by atoms with van der Waals surface area (Å²) in [5.74, 6) is 1.84. The van der Waals surface area contributed by atoms with E-state index in [0.29, 0.717) is 12.0 Å². The minimum absolute atomic E-state index is 0.636. The van der Waals surface area contributed by atoms with Crippen molar-refractivity contribution in [2.75, 3.05) is 18.0 Å². The second-order valence-electron chi connectivity index (χ2n) is 5.73. The molecule has 1 aliphatic rings. The van der Waals surface area contributed by atoms with Crippen LogP contribution >= 0.6 is 0 Å². The third kappa shape index (κ3) is 3.45. The highest BCUT2D eigenvalue weighted by molar-refractivity contribution is 5.43. The normalized spacial score (nSPS) is 19.8. The number of pyridine rings is 1. The first-order chi connectivity index (χ1) is 8.66. The molecule has 0 saturated carbocycles. The van der Waals surface area contributed by atoms with Gasteiger partial charge in [0.1, 0.15) is 5.82 Å². The number of anilines is 1. The number of aromatic nitrogens is 1. The SMILES string of the molecule is CC(C)CNCc1ccnc(N2CCCC2C)c1. The Balaban J connectivity index is 1.96. The van der Waals surface area contributed by atoms with Crippen molar-refractivity contribution in [1.82, 2.24) is 10.3 Å². The Morgan fingerprint density at radius 3 is 3.00 bits per heavy atom. The minimum atomic E-state index is 0.636. The van der Waals surface area contributed by atoms with E-state index in [4.69, 9.17) is 0 Å². The molecular weight excluding hydrogens is 222 g/mol. The summed E-state index contributed by atoms with van der Waals surface area (Å²) < 4.78 is 0. The summed E-state index contributed by atoms with van der Waals surface area (Å²) in [7, 11) is 0. The van der Waals surface area contributed by atoms with Crippen molar-refractivity contribution >= 4 is 5.82 Å². The summed E-state index contributed by atoms with van der Waals surface area (Å²) in [6, 6.07) is 4.98. The van der Waals surface area contributed by atoms with Crippen LogP contribution in [0.25, 0.3) is 0 Å². The molecule has 0 aliphatic carbocycles. The molecule has 1 N–H and O–H groups in total. The average molecular weight is 247 g/mol. The number of nitrogens with one attached hydrogen (secondary N) is 1. The predicted octanol–water partition coefficient (Wildman–Crippen LogP) is 2.82. The lowest BCUT2D eigenvalue weighted by Gasteiger charge is -2.23. The van der Waals surface area contributed by atoms with E-state index >= 15 is 0 Å². The molecule has 1 unspecified atom stereocenters. The molecular formula is C15H25N3. The van der Waals surface area contributed by atoms with E-state index in [1.165, 1.54) is 18.4 Å². The second-order valence-corrected chi connectivity index (χ2v) is 5.73. The van der Waals surface area contributed by atoms with Crippen LogP contribution in [0.3, 0.4) is 0 Å². The van der Waals surface area contributed by atoms with Crippen molar-refractivity contribution in [3.05, 3.63) is 23.9 Å². The second kappa shape index (κ2) is 6.19. The van der Waals surface area contributed by atoms with Crippen LogP contribution in [-0.2, 0) is 6.54 Å². The molecule has 18 heavy (non-hydrogen) atoms. The fourth-order valence-electron chi connectivity index (χ4n) is 2.51. The van der Waals surface area contributed by atoms with Crippen LogP contribution < -0.4 is 10.2 Å². The molecule has 3 nitrogen and oxygen atoms in total. The third-order valence-electron chi connectivity index (χ3n) is 3.54. The van der Waals surface area contributed by atoms with Crippen molar-refractivity contribution in [2.45, 2.75) is 46.2 Å². The summed E-state index contributed by atoms with van der Waals surface area (Å²) in [6.07, 6.45) is 4.52. The maximum absolute atomic E-state index is 4.51. The molecule has 2 heterocycles. The zero-order valence-electron chi connectivity index (χ0n) is 11.8. The molecule has 0 aromatic carbocycles. The standard InChI is InChI=1S/C15H25N3/c1-12(2)10-16-11-14-6-7-17-15(9-14)18-8-4-5-13(18)3/h6-7,9,12-13,16H,4-5,8,10-11H2,1-3H3. The number of hydrogen-bond acceptors (Lipinski definition) is 3. The summed E-state index contributed by atoms with van der Waals surface area (Å²) >= 11 is 0. The molecule has 0 bridgehead atoms. The van der Waals surface area contributed by atoms with Crippen molar-refractivity contribution in [1.29, 1.82) is 0 Å².